The van der Waals surface area contributed by atoms with E-state index in [-0.39, 0.29) is 11.9 Å². The van der Waals surface area contributed by atoms with Gasteiger partial charge in [0.2, 0.25) is 0 Å². The summed E-state index contributed by atoms with van der Waals surface area (Å²) in [5.74, 6) is 1.68. The normalized spacial score (nSPS) is 19.4. The van der Waals surface area contributed by atoms with E-state index < -0.39 is 0 Å². The Bertz CT molecular complexity index is 666. The number of amides is 1. The van der Waals surface area contributed by atoms with Crippen LogP contribution in [0.4, 0.5) is 0 Å². The third kappa shape index (κ3) is 2.62. The van der Waals surface area contributed by atoms with Gasteiger partial charge in [-0.2, -0.15) is 0 Å². The average Bonchev–Trinajstić information content (AvgIpc) is 3.15. The number of nitrogens with zero attached hydrogens (tertiary/aromatic N) is 4. The molecule has 1 unspecified atom stereocenters. The molecule has 3 rings (SSSR count). The zero-order valence-electron chi connectivity index (χ0n) is 13.0. The maximum absolute atomic E-state index is 12.8. The topological polar surface area (TPSA) is 50.6 Å². The molecule has 3 heterocycles. The van der Waals surface area contributed by atoms with Crippen LogP contribution in [0.3, 0.4) is 0 Å². The number of carbonyl (C=O) groups is 1. The van der Waals surface area contributed by atoms with Crippen molar-refractivity contribution in [3.05, 3.63) is 34.5 Å². The molecule has 1 aliphatic rings. The van der Waals surface area contributed by atoms with Crippen molar-refractivity contribution in [3.63, 3.8) is 0 Å². The fourth-order valence-corrected chi connectivity index (χ4v) is 3.62. The summed E-state index contributed by atoms with van der Waals surface area (Å²) in [5.41, 5.74) is 0. The summed E-state index contributed by atoms with van der Waals surface area (Å²) in [6, 6.07) is 1.95. The predicted molar refractivity (Wildman–Crippen MR) is 85.4 cm³/mol. The van der Waals surface area contributed by atoms with Crippen LogP contribution in [0, 0.1) is 0 Å². The number of methoxy groups -OCH3 is 1. The number of aryl methyl sites for hydroxylation is 1. The first-order chi connectivity index (χ1) is 10.6. The number of piperazine rings is 1. The first kappa shape index (κ1) is 15.1. The lowest BCUT2D eigenvalue weighted by Gasteiger charge is -2.38. The number of likely N-dealkylation sites (N-methyl/N-ethyl adjacent to an activating group) is 1. The van der Waals surface area contributed by atoms with Crippen molar-refractivity contribution in [2.24, 2.45) is 7.05 Å². The molecule has 2 aromatic rings. The van der Waals surface area contributed by atoms with Crippen molar-refractivity contribution in [1.82, 2.24) is 19.4 Å². The molecule has 0 aliphatic carbocycles. The third-order valence-corrected chi connectivity index (χ3v) is 5.02. The summed E-state index contributed by atoms with van der Waals surface area (Å²) in [6.07, 6.45) is 3.73. The summed E-state index contributed by atoms with van der Waals surface area (Å²) >= 11 is 1.43. The van der Waals surface area contributed by atoms with Crippen LogP contribution in [0.2, 0.25) is 0 Å². The van der Waals surface area contributed by atoms with E-state index in [0.717, 1.165) is 18.9 Å². The number of imidazole rings is 1. The van der Waals surface area contributed by atoms with Crippen LogP contribution in [0.5, 0.6) is 5.75 Å². The lowest BCUT2D eigenvalue weighted by molar-refractivity contribution is 0.0530. The van der Waals surface area contributed by atoms with Gasteiger partial charge in [-0.1, -0.05) is 0 Å². The molecule has 0 spiro atoms. The molecule has 22 heavy (non-hydrogen) atoms. The van der Waals surface area contributed by atoms with Gasteiger partial charge in [-0.05, 0) is 18.5 Å². The number of ether oxygens (including phenoxy) is 1. The van der Waals surface area contributed by atoms with Crippen molar-refractivity contribution in [2.45, 2.75) is 6.04 Å². The highest BCUT2D eigenvalue weighted by Gasteiger charge is 2.32. The zero-order valence-corrected chi connectivity index (χ0v) is 13.8. The zero-order chi connectivity index (χ0) is 15.7. The molecule has 6 nitrogen and oxygen atoms in total. The fourth-order valence-electron chi connectivity index (χ4n) is 2.79. The Morgan fingerprint density at radius 1 is 1.41 bits per heavy atom. The summed E-state index contributed by atoms with van der Waals surface area (Å²) in [5, 5.41) is 1.89. The number of aromatic nitrogens is 2. The van der Waals surface area contributed by atoms with Gasteiger partial charge in [0.1, 0.15) is 16.5 Å². The highest BCUT2D eigenvalue weighted by Crippen LogP contribution is 2.29. The Balaban J connectivity index is 1.81. The van der Waals surface area contributed by atoms with Gasteiger partial charge in [0.15, 0.2) is 0 Å². The van der Waals surface area contributed by atoms with Gasteiger partial charge in [-0.15, -0.1) is 11.3 Å². The Kier molecular flexibility index (Phi) is 4.17. The minimum Gasteiger partial charge on any atom is -0.495 e. The Morgan fingerprint density at radius 3 is 2.91 bits per heavy atom. The van der Waals surface area contributed by atoms with Gasteiger partial charge in [-0.25, -0.2) is 4.98 Å². The van der Waals surface area contributed by atoms with Gasteiger partial charge in [-0.3, -0.25) is 9.69 Å². The molecule has 2 aromatic heterocycles. The van der Waals surface area contributed by atoms with E-state index in [9.17, 15) is 4.79 Å². The van der Waals surface area contributed by atoms with Crippen LogP contribution in [-0.4, -0.2) is 59.0 Å². The fraction of sp³-hybridized carbons (Fsp3) is 0.467. The molecule has 0 radical (unpaired) electrons. The van der Waals surface area contributed by atoms with Crippen molar-refractivity contribution in [3.8, 4) is 5.75 Å². The first-order valence-electron chi connectivity index (χ1n) is 7.20. The van der Waals surface area contributed by atoms with E-state index in [1.54, 1.807) is 13.3 Å². The summed E-state index contributed by atoms with van der Waals surface area (Å²) in [4.78, 5) is 22.0. The van der Waals surface area contributed by atoms with Gasteiger partial charge in [0.25, 0.3) is 5.91 Å². The number of hydrogen-bond donors (Lipinski definition) is 0. The predicted octanol–water partition coefficient (Wildman–Crippen LogP) is 1.62. The molecule has 1 aliphatic heterocycles. The molecule has 0 saturated carbocycles. The van der Waals surface area contributed by atoms with Crippen LogP contribution in [0.1, 0.15) is 21.5 Å². The molecule has 118 valence electrons. The van der Waals surface area contributed by atoms with Crippen LogP contribution >= 0.6 is 11.3 Å². The van der Waals surface area contributed by atoms with Gasteiger partial charge >= 0.3 is 0 Å². The Labute approximate surface area is 133 Å². The van der Waals surface area contributed by atoms with E-state index in [2.05, 4.69) is 16.9 Å². The van der Waals surface area contributed by atoms with Crippen LogP contribution in [0.15, 0.2) is 23.8 Å². The minimum atomic E-state index is 0.0409. The molecule has 1 amide bonds. The molecule has 0 N–H and O–H groups in total. The van der Waals surface area contributed by atoms with Gasteiger partial charge in [0.05, 0.1) is 13.2 Å². The van der Waals surface area contributed by atoms with Crippen molar-refractivity contribution in [1.29, 1.82) is 0 Å². The lowest BCUT2D eigenvalue weighted by atomic mass is 10.1. The molecule has 0 aromatic carbocycles. The van der Waals surface area contributed by atoms with Crippen LogP contribution in [0.25, 0.3) is 0 Å². The molecule has 1 fully saturated rings. The van der Waals surface area contributed by atoms with E-state index in [1.165, 1.54) is 11.3 Å². The molecular weight excluding hydrogens is 300 g/mol. The second kappa shape index (κ2) is 6.10. The second-order valence-electron chi connectivity index (χ2n) is 5.46. The Hall–Kier alpha value is -1.86. The maximum atomic E-state index is 12.8. The highest BCUT2D eigenvalue weighted by atomic mass is 32.1. The summed E-state index contributed by atoms with van der Waals surface area (Å²) in [7, 11) is 5.66. The third-order valence-electron chi connectivity index (χ3n) is 4.13. The molecule has 1 saturated heterocycles. The number of rotatable bonds is 3. The largest absolute Gasteiger partial charge is 0.495 e. The van der Waals surface area contributed by atoms with Crippen molar-refractivity contribution >= 4 is 17.2 Å². The quantitative estimate of drug-likeness (QED) is 0.862. The number of hydrogen-bond acceptors (Lipinski definition) is 5. The monoisotopic (exact) mass is 320 g/mol. The lowest BCUT2D eigenvalue weighted by Crippen LogP contribution is -2.49. The SMILES string of the molecule is COc1ccsc1C(=O)N1CCN(C)C(c2nccn2C)C1. The van der Waals surface area contributed by atoms with Gasteiger partial charge in [0, 0.05) is 39.1 Å². The Morgan fingerprint density at radius 2 is 2.23 bits per heavy atom. The van der Waals surface area contributed by atoms with E-state index in [1.807, 2.05) is 34.2 Å². The maximum Gasteiger partial charge on any atom is 0.267 e. The molecule has 7 heteroatoms. The smallest absolute Gasteiger partial charge is 0.267 e. The standard InChI is InChI=1S/C15H20N4O2S/c1-17-7-8-19(10-11(17)14-16-5-6-18(14)2)15(20)13-12(21-3)4-9-22-13/h4-6,9,11H,7-8,10H2,1-3H3. The second-order valence-corrected chi connectivity index (χ2v) is 6.38. The van der Waals surface area contributed by atoms with E-state index >= 15 is 0 Å². The number of thiophene rings is 1. The highest BCUT2D eigenvalue weighted by molar-refractivity contribution is 7.12. The molecular formula is C15H20N4O2S. The first-order valence-corrected chi connectivity index (χ1v) is 8.08. The molecule has 0 bridgehead atoms. The van der Waals surface area contributed by atoms with Gasteiger partial charge < -0.3 is 14.2 Å². The van der Waals surface area contributed by atoms with Crippen LogP contribution < -0.4 is 4.74 Å². The summed E-state index contributed by atoms with van der Waals surface area (Å²) in [6.45, 7) is 2.19. The average molecular weight is 320 g/mol. The van der Waals surface area contributed by atoms with E-state index in [0.29, 0.717) is 17.2 Å². The minimum absolute atomic E-state index is 0.0409. The van der Waals surface area contributed by atoms with Crippen molar-refractivity contribution < 1.29 is 9.53 Å². The van der Waals surface area contributed by atoms with Crippen LogP contribution in [-0.2, 0) is 7.05 Å². The summed E-state index contributed by atoms with van der Waals surface area (Å²) < 4.78 is 7.29. The molecule has 1 atom stereocenters. The van der Waals surface area contributed by atoms with Crippen molar-refractivity contribution in [2.75, 3.05) is 33.8 Å². The number of carbonyl (C=O) groups excluding carboxylic acids is 1. The van der Waals surface area contributed by atoms with E-state index in [4.69, 9.17) is 4.74 Å².